The highest BCUT2D eigenvalue weighted by molar-refractivity contribution is 5.97. The molecule has 0 aliphatic carbocycles. The van der Waals surface area contributed by atoms with Crippen molar-refractivity contribution in [2.24, 2.45) is 0 Å². The van der Waals surface area contributed by atoms with Crippen molar-refractivity contribution < 1.29 is 9.53 Å². The topological polar surface area (TPSA) is 63.5 Å². The molecule has 2 fully saturated rings. The van der Waals surface area contributed by atoms with Gasteiger partial charge in [0.05, 0.1) is 11.7 Å². The van der Waals surface area contributed by atoms with Gasteiger partial charge in [-0.3, -0.25) is 9.48 Å². The molecule has 7 nitrogen and oxygen atoms in total. The highest BCUT2D eigenvalue weighted by Gasteiger charge is 2.30. The fourth-order valence-electron chi connectivity index (χ4n) is 5.83. The zero-order valence-electron chi connectivity index (χ0n) is 20.0. The van der Waals surface area contributed by atoms with Gasteiger partial charge < -0.3 is 14.5 Å². The van der Waals surface area contributed by atoms with Crippen molar-refractivity contribution in [2.45, 2.75) is 58.0 Å². The first-order valence-electron chi connectivity index (χ1n) is 12.8. The number of aromatic nitrogens is 3. The number of ether oxygens (including phenoxy) is 1. The van der Waals surface area contributed by atoms with Crippen LogP contribution in [0.5, 0.6) is 0 Å². The van der Waals surface area contributed by atoms with Gasteiger partial charge in [-0.05, 0) is 43.6 Å². The third-order valence-corrected chi connectivity index (χ3v) is 7.75. The summed E-state index contributed by atoms with van der Waals surface area (Å²) in [7, 11) is 0. The van der Waals surface area contributed by atoms with Crippen LogP contribution < -0.4 is 4.90 Å². The highest BCUT2D eigenvalue weighted by atomic mass is 16.5. The monoisotopic (exact) mass is 459 g/mol. The van der Waals surface area contributed by atoms with E-state index in [2.05, 4.69) is 33.8 Å². The van der Waals surface area contributed by atoms with Crippen molar-refractivity contribution in [1.82, 2.24) is 19.7 Å². The molecule has 0 radical (unpaired) electrons. The third-order valence-electron chi connectivity index (χ3n) is 7.75. The van der Waals surface area contributed by atoms with Crippen LogP contribution in [0.4, 0.5) is 5.82 Å². The number of benzene rings is 1. The molecule has 0 bridgehead atoms. The number of nitrogens with zero attached hydrogens (tertiary/aromatic N) is 5. The number of piperidine rings is 1. The summed E-state index contributed by atoms with van der Waals surface area (Å²) in [5, 5.41) is 7.55. The number of fused-ring (bicyclic) bond motifs is 2. The maximum absolute atomic E-state index is 12.2. The van der Waals surface area contributed by atoms with Crippen molar-refractivity contribution in [3.63, 3.8) is 0 Å². The molecule has 178 valence electrons. The Morgan fingerprint density at radius 1 is 1.09 bits per heavy atom. The molecule has 5 heterocycles. The Kier molecular flexibility index (Phi) is 5.73. The van der Waals surface area contributed by atoms with Crippen LogP contribution in [0.25, 0.3) is 22.0 Å². The third kappa shape index (κ3) is 3.86. The lowest BCUT2D eigenvalue weighted by molar-refractivity contribution is -0.129. The fraction of sp³-hybridized carbons (Fsp3) is 0.519. The van der Waals surface area contributed by atoms with Crippen molar-refractivity contribution in [2.75, 3.05) is 37.7 Å². The summed E-state index contributed by atoms with van der Waals surface area (Å²) in [6.45, 7) is 6.78. The summed E-state index contributed by atoms with van der Waals surface area (Å²) >= 11 is 0. The summed E-state index contributed by atoms with van der Waals surface area (Å²) in [5.41, 5.74) is 4.60. The molecule has 1 amide bonds. The van der Waals surface area contributed by atoms with Crippen molar-refractivity contribution in [1.29, 1.82) is 0 Å². The number of carbonyl (C=O) groups is 1. The van der Waals surface area contributed by atoms with E-state index in [9.17, 15) is 4.79 Å². The van der Waals surface area contributed by atoms with E-state index in [0.717, 1.165) is 74.6 Å². The molecule has 2 aromatic heterocycles. The minimum absolute atomic E-state index is 0.126. The van der Waals surface area contributed by atoms with E-state index in [-0.39, 0.29) is 5.91 Å². The molecule has 0 N–H and O–H groups in total. The van der Waals surface area contributed by atoms with Crippen LogP contribution >= 0.6 is 0 Å². The lowest BCUT2D eigenvalue weighted by Crippen LogP contribution is -2.35. The Balaban J connectivity index is 1.45. The lowest BCUT2D eigenvalue weighted by atomic mass is 9.97. The summed E-state index contributed by atoms with van der Waals surface area (Å²) in [6, 6.07) is 9.06. The first kappa shape index (κ1) is 21.6. The van der Waals surface area contributed by atoms with Crippen LogP contribution in [0.3, 0.4) is 0 Å². The van der Waals surface area contributed by atoms with Gasteiger partial charge in [-0.15, -0.1) is 0 Å². The molecule has 3 aliphatic rings. The molecule has 3 aromatic rings. The molecule has 1 aromatic carbocycles. The van der Waals surface area contributed by atoms with Gasteiger partial charge in [0.2, 0.25) is 5.91 Å². The molecular weight excluding hydrogens is 426 g/mol. The van der Waals surface area contributed by atoms with E-state index < -0.39 is 0 Å². The van der Waals surface area contributed by atoms with Crippen LogP contribution in [0.2, 0.25) is 0 Å². The maximum atomic E-state index is 12.2. The first-order valence-corrected chi connectivity index (χ1v) is 12.8. The second-order valence-electron chi connectivity index (χ2n) is 9.87. The number of pyridine rings is 1. The Bertz CT molecular complexity index is 1210. The van der Waals surface area contributed by atoms with E-state index in [1.54, 1.807) is 6.92 Å². The van der Waals surface area contributed by atoms with E-state index >= 15 is 0 Å². The molecule has 7 heteroatoms. The number of rotatable bonds is 3. The Labute approximate surface area is 200 Å². The molecule has 0 atom stereocenters. The molecule has 2 saturated heterocycles. The van der Waals surface area contributed by atoms with Gasteiger partial charge in [-0.1, -0.05) is 18.2 Å². The van der Waals surface area contributed by atoms with Gasteiger partial charge in [-0.25, -0.2) is 4.98 Å². The Morgan fingerprint density at radius 2 is 1.91 bits per heavy atom. The Hall–Kier alpha value is -2.93. The van der Waals surface area contributed by atoms with E-state index in [1.165, 1.54) is 35.9 Å². The van der Waals surface area contributed by atoms with Crippen LogP contribution in [0.15, 0.2) is 30.5 Å². The molecule has 0 saturated carbocycles. The van der Waals surface area contributed by atoms with E-state index in [4.69, 9.17) is 14.8 Å². The second-order valence-corrected chi connectivity index (χ2v) is 9.87. The van der Waals surface area contributed by atoms with Crippen LogP contribution in [0.1, 0.15) is 56.3 Å². The van der Waals surface area contributed by atoms with E-state index in [0.29, 0.717) is 12.6 Å². The predicted octanol–water partition coefficient (Wildman–Crippen LogP) is 4.34. The molecule has 0 spiro atoms. The summed E-state index contributed by atoms with van der Waals surface area (Å²) in [4.78, 5) is 21.5. The van der Waals surface area contributed by atoms with Crippen LogP contribution in [-0.4, -0.2) is 58.4 Å². The first-order chi connectivity index (χ1) is 16.7. The minimum Gasteiger partial charge on any atom is -0.381 e. The molecule has 34 heavy (non-hydrogen) atoms. The average Bonchev–Trinajstić information content (AvgIpc) is 3.28. The summed E-state index contributed by atoms with van der Waals surface area (Å²) in [6.07, 6.45) is 8.64. The average molecular weight is 460 g/mol. The van der Waals surface area contributed by atoms with Gasteiger partial charge >= 0.3 is 0 Å². The standard InChI is InChI=1S/C27H33N5O2/c1-19(33)31-13-8-25-24(18-31)27(29-32(25)21-9-14-34-15-10-21)22-7-5-6-20-16-26(28-17-23(20)22)30-11-3-2-4-12-30/h5-7,16-17,21H,2-4,8-15,18H2,1H3. The van der Waals surface area contributed by atoms with Crippen LogP contribution in [0, 0.1) is 0 Å². The normalized spacial score (nSPS) is 19.4. The number of hydrogen-bond acceptors (Lipinski definition) is 5. The molecule has 0 unspecified atom stereocenters. The zero-order valence-corrected chi connectivity index (χ0v) is 20.0. The Morgan fingerprint density at radius 3 is 2.71 bits per heavy atom. The number of carbonyl (C=O) groups excluding carboxylic acids is 1. The minimum atomic E-state index is 0.126. The van der Waals surface area contributed by atoms with Gasteiger partial charge in [0.1, 0.15) is 5.82 Å². The lowest BCUT2D eigenvalue weighted by Gasteiger charge is -2.29. The van der Waals surface area contributed by atoms with Crippen molar-refractivity contribution in [3.8, 4) is 11.3 Å². The smallest absolute Gasteiger partial charge is 0.219 e. The highest BCUT2D eigenvalue weighted by Crippen LogP contribution is 2.37. The van der Waals surface area contributed by atoms with Gasteiger partial charge in [0, 0.05) is 81.1 Å². The van der Waals surface area contributed by atoms with Gasteiger partial charge in [-0.2, -0.15) is 5.10 Å². The van der Waals surface area contributed by atoms with E-state index in [1.807, 2.05) is 11.1 Å². The summed E-state index contributed by atoms with van der Waals surface area (Å²) < 4.78 is 7.88. The SMILES string of the molecule is CC(=O)N1CCc2c(c(-c3cccc4cc(N5CCCCC5)ncc34)nn2C2CCOCC2)C1. The maximum Gasteiger partial charge on any atom is 0.219 e. The summed E-state index contributed by atoms with van der Waals surface area (Å²) in [5.74, 6) is 1.20. The van der Waals surface area contributed by atoms with Gasteiger partial charge in [0.15, 0.2) is 0 Å². The molecule has 3 aliphatic heterocycles. The van der Waals surface area contributed by atoms with Crippen LogP contribution in [-0.2, 0) is 22.5 Å². The molecule has 6 rings (SSSR count). The number of hydrogen-bond donors (Lipinski definition) is 0. The second kappa shape index (κ2) is 9.02. The molecular formula is C27H33N5O2. The van der Waals surface area contributed by atoms with Gasteiger partial charge in [0.25, 0.3) is 0 Å². The van der Waals surface area contributed by atoms with Crippen molar-refractivity contribution in [3.05, 3.63) is 41.7 Å². The predicted molar refractivity (Wildman–Crippen MR) is 133 cm³/mol. The zero-order chi connectivity index (χ0) is 23.1. The fourth-order valence-corrected chi connectivity index (χ4v) is 5.83. The van der Waals surface area contributed by atoms with Crippen molar-refractivity contribution >= 4 is 22.5 Å². The quantitative estimate of drug-likeness (QED) is 0.583. The largest absolute Gasteiger partial charge is 0.381 e. The number of amides is 1. The number of anilines is 1.